The third-order valence-electron chi connectivity index (χ3n) is 10.9. The van der Waals surface area contributed by atoms with Gasteiger partial charge < -0.3 is 65.8 Å². The fourth-order valence-corrected chi connectivity index (χ4v) is 7.11. The van der Waals surface area contributed by atoms with E-state index >= 15 is 0 Å². The number of imidazole rings is 1. The van der Waals surface area contributed by atoms with Crippen LogP contribution in [0.15, 0.2) is 54.6 Å². The van der Waals surface area contributed by atoms with E-state index in [1.807, 2.05) is 24.3 Å². The highest BCUT2D eigenvalue weighted by molar-refractivity contribution is 5.92. The van der Waals surface area contributed by atoms with E-state index in [9.17, 15) is 19.7 Å². The number of nitrogens with two attached hydrogens (primary N) is 3. The van der Waals surface area contributed by atoms with Crippen LogP contribution >= 0.6 is 12.4 Å². The number of nitrogens with zero attached hydrogens (tertiary/aromatic N) is 8. The van der Waals surface area contributed by atoms with E-state index in [-0.39, 0.29) is 48.5 Å². The largest absolute Gasteiger partial charge is 0.481 e. The molecule has 8 N–H and O–H groups in total. The molecule has 21 heteroatoms. The number of hydrogen-bond donors (Lipinski definition) is 5. The molecule has 364 valence electrons. The third-order valence-corrected chi connectivity index (χ3v) is 10.9. The van der Waals surface area contributed by atoms with Gasteiger partial charge in [-0.15, -0.1) is 12.4 Å². The number of nitro groups is 1. The molecule has 0 saturated carbocycles. The van der Waals surface area contributed by atoms with E-state index in [1.54, 1.807) is 32.9 Å². The Bertz CT molecular complexity index is 2140. The summed E-state index contributed by atoms with van der Waals surface area (Å²) < 4.78 is 14.3. The SMILES string of the molecule is CCOC(=N)CC(=O)OCC.CCOC(=O)Cc1nc2ccc(N3CCN(C)CC3)cc2[nH]1.CN1CCN(c2ccc(N)c(N)c2)CC1.CN1CCN(c2ccc([N+](=O)[O-])c(N)c2)CC1.Cl. The molecule has 66 heavy (non-hydrogen) atoms. The Labute approximate surface area is 394 Å². The van der Waals surface area contributed by atoms with Crippen molar-refractivity contribution >= 4 is 81.1 Å². The first-order valence-corrected chi connectivity index (χ1v) is 22.1. The molecule has 0 unspecified atom stereocenters. The van der Waals surface area contributed by atoms with Gasteiger partial charge in [0.25, 0.3) is 5.69 Å². The maximum Gasteiger partial charge on any atom is 0.315 e. The molecule has 4 heterocycles. The van der Waals surface area contributed by atoms with Crippen molar-refractivity contribution in [3.05, 3.63) is 70.5 Å². The average molecular weight is 941 g/mol. The predicted octanol–water partition coefficient (Wildman–Crippen LogP) is 4.33. The van der Waals surface area contributed by atoms with Crippen molar-refractivity contribution in [1.82, 2.24) is 24.7 Å². The molecule has 3 aromatic carbocycles. The number of nitrogen functional groups attached to an aromatic ring is 3. The van der Waals surface area contributed by atoms with Crippen LogP contribution in [0.3, 0.4) is 0 Å². The number of benzene rings is 3. The number of esters is 2. The number of piperazine rings is 3. The van der Waals surface area contributed by atoms with Crippen LogP contribution in [-0.2, 0) is 30.2 Å². The van der Waals surface area contributed by atoms with Gasteiger partial charge in [0.2, 0.25) is 0 Å². The maximum atomic E-state index is 11.5. The van der Waals surface area contributed by atoms with E-state index in [2.05, 4.69) is 77.4 Å². The summed E-state index contributed by atoms with van der Waals surface area (Å²) >= 11 is 0. The molecule has 0 aliphatic carbocycles. The first kappa shape index (κ1) is 54.2. The zero-order chi connectivity index (χ0) is 47.5. The van der Waals surface area contributed by atoms with E-state index in [0.717, 1.165) is 95.3 Å². The Morgan fingerprint density at radius 2 is 1.09 bits per heavy atom. The van der Waals surface area contributed by atoms with Crippen LogP contribution in [0.4, 0.5) is 39.8 Å². The highest BCUT2D eigenvalue weighted by atomic mass is 35.5. The van der Waals surface area contributed by atoms with Gasteiger partial charge in [-0.3, -0.25) is 25.1 Å². The van der Waals surface area contributed by atoms with Gasteiger partial charge in [-0.25, -0.2) is 4.98 Å². The van der Waals surface area contributed by atoms with Crippen molar-refractivity contribution in [1.29, 1.82) is 5.41 Å². The summed E-state index contributed by atoms with van der Waals surface area (Å²) in [6, 6.07) is 17.0. The molecule has 3 aliphatic heterocycles. The van der Waals surface area contributed by atoms with Crippen molar-refractivity contribution in [2.75, 3.05) is 151 Å². The number of H-pyrrole nitrogens is 1. The second-order valence-electron chi connectivity index (χ2n) is 15.9. The number of halogens is 1. The summed E-state index contributed by atoms with van der Waals surface area (Å²) in [4.78, 5) is 53.9. The Morgan fingerprint density at radius 1 is 0.652 bits per heavy atom. The van der Waals surface area contributed by atoms with Crippen molar-refractivity contribution in [2.24, 2.45) is 0 Å². The molecule has 0 spiro atoms. The number of hydrogen-bond acceptors (Lipinski definition) is 18. The molecule has 3 fully saturated rings. The molecule has 1 aromatic heterocycles. The van der Waals surface area contributed by atoms with Crippen molar-refractivity contribution < 1.29 is 28.7 Å². The summed E-state index contributed by atoms with van der Waals surface area (Å²) in [6.45, 7) is 18.8. The first-order valence-electron chi connectivity index (χ1n) is 22.1. The smallest absolute Gasteiger partial charge is 0.315 e. The van der Waals surface area contributed by atoms with Crippen LogP contribution in [0.25, 0.3) is 11.0 Å². The first-order chi connectivity index (χ1) is 31.1. The summed E-state index contributed by atoms with van der Waals surface area (Å²) in [5, 5.41) is 17.7. The quantitative estimate of drug-likeness (QED) is 0.0350. The highest BCUT2D eigenvalue weighted by Gasteiger charge is 2.19. The zero-order valence-electron chi connectivity index (χ0n) is 39.3. The number of anilines is 6. The Hall–Kier alpha value is -6.09. The molecule has 20 nitrogen and oxygen atoms in total. The van der Waals surface area contributed by atoms with E-state index in [1.165, 1.54) is 17.4 Å². The summed E-state index contributed by atoms with van der Waals surface area (Å²) in [6.07, 6.45) is 0.119. The molecule has 0 amide bonds. The topological polar surface area (TPSA) is 255 Å². The Morgan fingerprint density at radius 3 is 1.55 bits per heavy atom. The lowest BCUT2D eigenvalue weighted by atomic mass is 10.2. The Balaban J connectivity index is 0.000000239. The molecule has 0 bridgehead atoms. The standard InChI is InChI=1S/C16H22N4O2.C11H16N4O2.C11H18N4.C7H13NO3.ClH/c1-3-22-16(21)11-15-17-13-5-4-12(10-14(13)18-15)20-8-6-19(2)7-9-20;1-13-4-6-14(7-5-13)9-2-3-11(15(16)17)10(12)8-9;1-14-4-6-15(7-5-14)9-2-3-10(12)11(13)8-9;1-3-10-6(8)5-7(9)11-4-2;/h4-5,10H,3,6-9,11H2,1-2H3,(H,17,18);2-3,8H,4-7,12H2,1H3;2-3,8H,4-7,12-13H2,1H3;8H,3-5H2,1-2H3;1H. The third kappa shape index (κ3) is 17.4. The molecule has 4 aromatic rings. The van der Waals surface area contributed by atoms with Crippen molar-refractivity contribution in [2.45, 2.75) is 33.6 Å². The lowest BCUT2D eigenvalue weighted by molar-refractivity contribution is -0.383. The van der Waals surface area contributed by atoms with Crippen molar-refractivity contribution in [3.8, 4) is 0 Å². The average Bonchev–Trinajstić information content (AvgIpc) is 3.68. The number of aromatic amines is 1. The van der Waals surface area contributed by atoms with Gasteiger partial charge in [-0.1, -0.05) is 0 Å². The van der Waals surface area contributed by atoms with E-state index < -0.39 is 10.9 Å². The maximum absolute atomic E-state index is 11.5. The van der Waals surface area contributed by atoms with Gasteiger partial charge in [0, 0.05) is 102 Å². The number of nitro benzene ring substituents is 1. The summed E-state index contributed by atoms with van der Waals surface area (Å²) in [5.74, 6) is -0.0401. The number of fused-ring (bicyclic) bond motifs is 1. The highest BCUT2D eigenvalue weighted by Crippen LogP contribution is 2.28. The van der Waals surface area contributed by atoms with Gasteiger partial charge in [0.15, 0.2) is 5.90 Å². The number of rotatable bonds is 11. The van der Waals surface area contributed by atoms with Gasteiger partial charge in [0.1, 0.15) is 24.4 Å². The van der Waals surface area contributed by atoms with Gasteiger partial charge >= 0.3 is 11.9 Å². The second kappa shape index (κ2) is 27.4. The normalized spacial score (nSPS) is 15.4. The monoisotopic (exact) mass is 940 g/mol. The Kier molecular flexibility index (Phi) is 22.5. The van der Waals surface area contributed by atoms with Gasteiger partial charge in [0.05, 0.1) is 47.2 Å². The fourth-order valence-electron chi connectivity index (χ4n) is 7.11. The second-order valence-corrected chi connectivity index (χ2v) is 15.9. The molecule has 3 saturated heterocycles. The molecule has 3 aliphatic rings. The van der Waals surface area contributed by atoms with Crippen LogP contribution in [0, 0.1) is 15.5 Å². The molecule has 0 atom stereocenters. The van der Waals surface area contributed by atoms with Crippen molar-refractivity contribution in [3.63, 3.8) is 0 Å². The van der Waals surface area contributed by atoms with Crippen LogP contribution in [0.5, 0.6) is 0 Å². The number of aromatic nitrogens is 2. The minimum absolute atomic E-state index is 0. The van der Waals surface area contributed by atoms with E-state index in [4.69, 9.17) is 32.1 Å². The fraction of sp³-hybridized carbons (Fsp3) is 0.511. The summed E-state index contributed by atoms with van der Waals surface area (Å²) in [5.41, 5.74) is 23.9. The summed E-state index contributed by atoms with van der Waals surface area (Å²) in [7, 11) is 6.38. The van der Waals surface area contributed by atoms with E-state index in [0.29, 0.717) is 37.0 Å². The molecule has 7 rings (SSSR count). The van der Waals surface area contributed by atoms with Crippen LogP contribution < -0.4 is 31.9 Å². The lowest BCUT2D eigenvalue weighted by Gasteiger charge is -2.34. The number of nitrogens with one attached hydrogen (secondary N) is 2. The molecule has 0 radical (unpaired) electrons. The predicted molar refractivity (Wildman–Crippen MR) is 266 cm³/mol. The van der Waals surface area contributed by atoms with Crippen LogP contribution in [0.1, 0.15) is 33.0 Å². The number of ether oxygens (including phenoxy) is 3. The molecular weight excluding hydrogens is 870 g/mol. The van der Waals surface area contributed by atoms with Gasteiger partial charge in [-0.2, -0.15) is 0 Å². The minimum Gasteiger partial charge on any atom is -0.481 e. The number of carbonyl (C=O) groups is 2. The molecular formula is C45H70ClN13O7. The number of likely N-dealkylation sites (N-methyl/N-ethyl adjacent to an activating group) is 3. The lowest BCUT2D eigenvalue weighted by Crippen LogP contribution is -2.44. The number of carbonyl (C=O) groups excluding carboxylic acids is 2. The van der Waals surface area contributed by atoms with Crippen LogP contribution in [0.2, 0.25) is 0 Å². The van der Waals surface area contributed by atoms with Gasteiger partial charge in [-0.05, 0) is 90.4 Å². The minimum atomic E-state index is -0.455. The van der Waals surface area contributed by atoms with Crippen LogP contribution in [-0.4, -0.2) is 167 Å². The zero-order valence-corrected chi connectivity index (χ0v) is 40.1.